The maximum atomic E-state index is 3.42. The summed E-state index contributed by atoms with van der Waals surface area (Å²) in [6.07, 6.45) is 0. The largest absolute Gasteiger partial charge is 0.103 e. The summed E-state index contributed by atoms with van der Waals surface area (Å²) in [5.41, 5.74) is 0. The van der Waals surface area contributed by atoms with Crippen LogP contribution < -0.4 is 0 Å². The van der Waals surface area contributed by atoms with Gasteiger partial charge in [-0.2, -0.15) is 0 Å². The van der Waals surface area contributed by atoms with E-state index in [1.807, 2.05) is 13.8 Å². The van der Waals surface area contributed by atoms with E-state index in [4.69, 9.17) is 0 Å². The molecule has 0 saturated heterocycles. The number of rotatable bonds is 0. The van der Waals surface area contributed by atoms with Crippen LogP contribution in [0.15, 0.2) is 6.58 Å². The molecule has 0 heterocycles. The molecule has 0 radical (unpaired) electrons. The van der Waals surface area contributed by atoms with E-state index in [0.717, 1.165) is 0 Å². The zero-order chi connectivity index (χ0) is 4.99. The van der Waals surface area contributed by atoms with Gasteiger partial charge >= 0.3 is 0 Å². The van der Waals surface area contributed by atoms with Crippen LogP contribution in [0.2, 0.25) is 0 Å². The summed E-state index contributed by atoms with van der Waals surface area (Å²) in [6, 6.07) is 0. The Hall–Kier alpha value is -0.260. The van der Waals surface area contributed by atoms with E-state index in [-0.39, 0.29) is 0 Å². The molecule has 0 aromatic heterocycles. The molecule has 0 bridgehead atoms. The monoisotopic (exact) mass is 100 g/mol. The van der Waals surface area contributed by atoms with Crippen LogP contribution in [0.5, 0.6) is 0 Å². The average Bonchev–Trinajstić information content (AvgIpc) is 1.35. The predicted octanol–water partition coefficient (Wildman–Crippen LogP) is 1.52. The van der Waals surface area contributed by atoms with Gasteiger partial charge in [0.15, 0.2) is 0 Å². The Morgan fingerprint density at radius 1 is 1.67 bits per heavy atom. The van der Waals surface area contributed by atoms with Crippen LogP contribution >= 0.6 is 10.9 Å². The van der Waals surface area contributed by atoms with Gasteiger partial charge in [-0.25, -0.2) is 0 Å². The number of hydrogen-bond acceptors (Lipinski definition) is 0. The van der Waals surface area contributed by atoms with Gasteiger partial charge in [0.05, 0.1) is 0 Å². The second-order valence-electron chi connectivity index (χ2n) is 1.15. The highest BCUT2D eigenvalue weighted by atomic mass is 32.1. The first-order valence-corrected chi connectivity index (χ1v) is 2.58. The standard InChI is InChI=1S/C5H8S/c1-4-6-5(2)3/h1H2,2-3H3. The van der Waals surface area contributed by atoms with Crippen molar-refractivity contribution in [3.05, 3.63) is 6.58 Å². The van der Waals surface area contributed by atoms with Crippen LogP contribution in [0.3, 0.4) is 0 Å². The molecular formula is C5H8S. The van der Waals surface area contributed by atoms with Crippen molar-refractivity contribution >= 4 is 20.8 Å². The van der Waals surface area contributed by atoms with Crippen molar-refractivity contribution in [2.45, 2.75) is 13.8 Å². The highest BCUT2D eigenvalue weighted by molar-refractivity contribution is 7.96. The van der Waals surface area contributed by atoms with Crippen molar-refractivity contribution in [1.82, 2.24) is 0 Å². The van der Waals surface area contributed by atoms with Crippen molar-refractivity contribution in [3.8, 4) is 0 Å². The molecule has 0 aliphatic heterocycles. The fourth-order valence-electron chi connectivity index (χ4n) is 0.144. The van der Waals surface area contributed by atoms with E-state index in [9.17, 15) is 0 Å². The van der Waals surface area contributed by atoms with E-state index in [2.05, 4.69) is 11.6 Å². The highest BCUT2D eigenvalue weighted by Crippen LogP contribution is 1.69. The minimum Gasteiger partial charge on any atom is -0.103 e. The molecule has 0 atom stereocenters. The van der Waals surface area contributed by atoms with Gasteiger partial charge < -0.3 is 0 Å². The summed E-state index contributed by atoms with van der Waals surface area (Å²) >= 11 is 0. The van der Waals surface area contributed by atoms with Crippen molar-refractivity contribution in [1.29, 1.82) is 0 Å². The Bertz CT molecular complexity index is 108. The van der Waals surface area contributed by atoms with E-state index in [0.29, 0.717) is 0 Å². The van der Waals surface area contributed by atoms with Gasteiger partial charge in [-0.05, 0) is 25.3 Å². The molecule has 0 amide bonds. The van der Waals surface area contributed by atoms with E-state index < -0.39 is 0 Å². The third-order valence-corrected chi connectivity index (χ3v) is 0.829. The lowest BCUT2D eigenvalue weighted by molar-refractivity contribution is 1.85. The van der Waals surface area contributed by atoms with Crippen molar-refractivity contribution in [2.24, 2.45) is 0 Å². The topological polar surface area (TPSA) is 0 Å². The molecule has 0 aromatic carbocycles. The fourth-order valence-corrected chi connectivity index (χ4v) is 0.433. The van der Waals surface area contributed by atoms with Gasteiger partial charge in [0.25, 0.3) is 0 Å². The maximum absolute atomic E-state index is 3.42. The second kappa shape index (κ2) is 2.95. The molecule has 0 nitrogen and oxygen atoms in total. The zero-order valence-corrected chi connectivity index (χ0v) is 4.93. The van der Waals surface area contributed by atoms with Crippen LogP contribution in [0.1, 0.15) is 13.8 Å². The lowest BCUT2D eigenvalue weighted by Crippen LogP contribution is -1.66. The van der Waals surface area contributed by atoms with E-state index in [1.165, 1.54) is 4.86 Å². The van der Waals surface area contributed by atoms with Crippen molar-refractivity contribution < 1.29 is 0 Å². The lowest BCUT2D eigenvalue weighted by Gasteiger charge is -1.67. The lowest BCUT2D eigenvalue weighted by atomic mass is 10.6. The Kier molecular flexibility index (Phi) is 2.82. The Balaban J connectivity index is 4.13. The Morgan fingerprint density at radius 2 is 2.17 bits per heavy atom. The predicted molar refractivity (Wildman–Crippen MR) is 34.6 cm³/mol. The Labute approximate surface area is 42.0 Å². The van der Waals surface area contributed by atoms with Crippen molar-refractivity contribution in [2.75, 3.05) is 0 Å². The first-order chi connectivity index (χ1) is 2.77. The normalized spacial score (nSPS) is 6.33. The van der Waals surface area contributed by atoms with Gasteiger partial charge in [-0.1, -0.05) is 5.02 Å². The summed E-state index contributed by atoms with van der Waals surface area (Å²) in [5, 5.41) is 2.70. The minimum atomic E-state index is 1.28. The quantitative estimate of drug-likeness (QED) is 0.405. The second-order valence-corrected chi connectivity index (χ2v) is 2.46. The van der Waals surface area contributed by atoms with Crippen molar-refractivity contribution in [3.63, 3.8) is 0 Å². The third kappa shape index (κ3) is 3.74. The molecule has 0 unspecified atom stereocenters. The van der Waals surface area contributed by atoms with E-state index in [1.54, 1.807) is 10.9 Å². The molecule has 34 valence electrons. The third-order valence-electron chi connectivity index (χ3n) is 0.276. The van der Waals surface area contributed by atoms with Gasteiger partial charge in [0, 0.05) is 0 Å². The number of hydrogen-bond donors (Lipinski definition) is 0. The first-order valence-electron chi connectivity index (χ1n) is 1.76. The van der Waals surface area contributed by atoms with Crippen LogP contribution in [-0.2, 0) is 0 Å². The first kappa shape index (κ1) is 5.74. The molecule has 0 rings (SSSR count). The SMILES string of the molecule is C=C=S=C(C)C. The molecule has 0 aliphatic carbocycles. The molecule has 1 heteroatoms. The molecule has 6 heavy (non-hydrogen) atoms. The highest BCUT2D eigenvalue weighted by Gasteiger charge is 1.59. The van der Waals surface area contributed by atoms with Crippen LogP contribution in [-0.4, -0.2) is 9.89 Å². The van der Waals surface area contributed by atoms with Gasteiger partial charge in [-0.3, -0.25) is 0 Å². The minimum absolute atomic E-state index is 1.28. The summed E-state index contributed by atoms with van der Waals surface area (Å²) in [7, 11) is 1.54. The average molecular weight is 100 g/mol. The molecule has 0 aromatic rings. The van der Waals surface area contributed by atoms with Crippen LogP contribution in [0.25, 0.3) is 0 Å². The van der Waals surface area contributed by atoms with E-state index >= 15 is 0 Å². The van der Waals surface area contributed by atoms with Gasteiger partial charge in [0.1, 0.15) is 0 Å². The zero-order valence-electron chi connectivity index (χ0n) is 4.12. The van der Waals surface area contributed by atoms with Gasteiger partial charge in [0.2, 0.25) is 0 Å². The summed E-state index contributed by atoms with van der Waals surface area (Å²) in [6.45, 7) is 7.48. The summed E-state index contributed by atoms with van der Waals surface area (Å²) < 4.78 is 0. The molecule has 0 fully saturated rings. The molecule has 0 N–H and O–H groups in total. The molecule has 0 spiro atoms. The summed E-state index contributed by atoms with van der Waals surface area (Å²) in [4.78, 5) is 1.28. The van der Waals surface area contributed by atoms with Gasteiger partial charge in [-0.15, -0.1) is 10.9 Å². The molecular weight excluding hydrogens is 92.1 g/mol. The smallest absolute Gasteiger partial charge is 0.0156 e. The summed E-state index contributed by atoms with van der Waals surface area (Å²) in [5.74, 6) is 0. The molecule has 0 saturated carbocycles. The fraction of sp³-hybridized carbons (Fsp3) is 0.400. The van der Waals surface area contributed by atoms with Crippen LogP contribution in [0.4, 0.5) is 0 Å². The molecule has 0 aliphatic rings. The maximum Gasteiger partial charge on any atom is -0.0156 e. The van der Waals surface area contributed by atoms with Crippen LogP contribution in [0, 0.1) is 0 Å². The Morgan fingerprint density at radius 3 is 2.17 bits per heavy atom.